The van der Waals surface area contributed by atoms with Gasteiger partial charge in [-0.15, -0.1) is 0 Å². The molecule has 7 heteroatoms. The quantitative estimate of drug-likeness (QED) is 0.842. The van der Waals surface area contributed by atoms with E-state index < -0.39 is 10.0 Å². The number of aromatic nitrogens is 1. The van der Waals surface area contributed by atoms with Gasteiger partial charge in [-0.05, 0) is 32.4 Å². The van der Waals surface area contributed by atoms with E-state index in [4.69, 9.17) is 4.74 Å². The van der Waals surface area contributed by atoms with E-state index in [0.29, 0.717) is 11.9 Å². The number of ether oxygens (including phenoxy) is 1. The molecular weight excluding hydrogens is 266 g/mol. The molecule has 2 rings (SSSR count). The highest BCUT2D eigenvalue weighted by molar-refractivity contribution is 7.89. The summed E-state index contributed by atoms with van der Waals surface area (Å²) in [7, 11) is -2.01. The zero-order chi connectivity index (χ0) is 13.9. The Labute approximate surface area is 113 Å². The summed E-state index contributed by atoms with van der Waals surface area (Å²) in [4.78, 5) is 4.08. The average Bonchev–Trinajstić information content (AvgIpc) is 2.38. The molecule has 1 fully saturated rings. The summed E-state index contributed by atoms with van der Waals surface area (Å²) in [5.74, 6) is 0.398. The standard InChI is InChI=1S/C12H19N3O3S/c1-9-7-10(5-6-13-9)15-19(16,17)11-3-4-12(18-2)14-8-11/h3-4,8-10,13,15H,5-7H2,1-2H3. The normalized spacial score (nSPS) is 24.1. The number of hydrogen-bond acceptors (Lipinski definition) is 5. The Balaban J connectivity index is 2.08. The second-order valence-corrected chi connectivity index (χ2v) is 6.45. The molecule has 1 aromatic heterocycles. The van der Waals surface area contributed by atoms with Crippen molar-refractivity contribution in [2.75, 3.05) is 13.7 Å². The molecule has 0 bridgehead atoms. The fourth-order valence-corrected chi connectivity index (χ4v) is 3.40. The zero-order valence-corrected chi connectivity index (χ0v) is 11.9. The maximum absolute atomic E-state index is 12.2. The van der Waals surface area contributed by atoms with Gasteiger partial charge in [0.1, 0.15) is 4.90 Å². The van der Waals surface area contributed by atoms with Gasteiger partial charge in [0.2, 0.25) is 15.9 Å². The fourth-order valence-electron chi connectivity index (χ4n) is 2.17. The first kappa shape index (κ1) is 14.2. The average molecular weight is 285 g/mol. The van der Waals surface area contributed by atoms with E-state index in [9.17, 15) is 8.42 Å². The first-order valence-corrected chi connectivity index (χ1v) is 7.75. The van der Waals surface area contributed by atoms with Crippen molar-refractivity contribution >= 4 is 10.0 Å². The predicted octanol–water partition coefficient (Wildman–Crippen LogP) is 0.509. The topological polar surface area (TPSA) is 80.3 Å². The van der Waals surface area contributed by atoms with Gasteiger partial charge in [0, 0.05) is 18.2 Å². The van der Waals surface area contributed by atoms with Crippen molar-refractivity contribution in [2.45, 2.75) is 36.7 Å². The molecule has 106 valence electrons. The molecule has 1 aliphatic heterocycles. The van der Waals surface area contributed by atoms with Gasteiger partial charge in [-0.25, -0.2) is 18.1 Å². The van der Waals surface area contributed by atoms with Crippen LogP contribution in [0.15, 0.2) is 23.2 Å². The number of nitrogens with one attached hydrogen (secondary N) is 2. The van der Waals surface area contributed by atoms with E-state index >= 15 is 0 Å². The molecule has 0 aromatic carbocycles. The van der Waals surface area contributed by atoms with E-state index in [1.807, 2.05) is 0 Å². The van der Waals surface area contributed by atoms with Crippen molar-refractivity contribution in [1.29, 1.82) is 0 Å². The first-order valence-electron chi connectivity index (χ1n) is 6.27. The van der Waals surface area contributed by atoms with E-state index in [2.05, 4.69) is 21.9 Å². The molecule has 1 aromatic rings. The van der Waals surface area contributed by atoms with Gasteiger partial charge in [0.15, 0.2) is 0 Å². The molecule has 2 heterocycles. The molecule has 0 spiro atoms. The third-order valence-corrected chi connectivity index (χ3v) is 4.68. The van der Waals surface area contributed by atoms with Crippen molar-refractivity contribution in [3.05, 3.63) is 18.3 Å². The lowest BCUT2D eigenvalue weighted by atomic mass is 10.0. The van der Waals surface area contributed by atoms with Crippen LogP contribution in [0.25, 0.3) is 0 Å². The molecule has 2 unspecified atom stereocenters. The summed E-state index contributed by atoms with van der Waals surface area (Å²) < 4.78 is 32.0. The molecule has 19 heavy (non-hydrogen) atoms. The summed E-state index contributed by atoms with van der Waals surface area (Å²) in [6.45, 7) is 2.88. The number of pyridine rings is 1. The van der Waals surface area contributed by atoms with Gasteiger partial charge in [0.25, 0.3) is 0 Å². The van der Waals surface area contributed by atoms with E-state index in [0.717, 1.165) is 19.4 Å². The van der Waals surface area contributed by atoms with Crippen LogP contribution in [0.3, 0.4) is 0 Å². The van der Waals surface area contributed by atoms with Gasteiger partial charge in [0.05, 0.1) is 13.3 Å². The Morgan fingerprint density at radius 2 is 2.26 bits per heavy atom. The predicted molar refractivity (Wildman–Crippen MR) is 71.6 cm³/mol. The third-order valence-electron chi connectivity index (χ3n) is 3.17. The van der Waals surface area contributed by atoms with Crippen molar-refractivity contribution in [3.8, 4) is 5.88 Å². The van der Waals surface area contributed by atoms with E-state index in [1.165, 1.54) is 19.4 Å². The van der Waals surface area contributed by atoms with E-state index in [1.54, 1.807) is 6.07 Å². The zero-order valence-electron chi connectivity index (χ0n) is 11.1. The highest BCUT2D eigenvalue weighted by Gasteiger charge is 2.24. The number of nitrogens with zero attached hydrogens (tertiary/aromatic N) is 1. The van der Waals surface area contributed by atoms with E-state index in [-0.39, 0.29) is 10.9 Å². The lowest BCUT2D eigenvalue weighted by molar-refractivity contribution is 0.361. The van der Waals surface area contributed by atoms with Crippen LogP contribution in [-0.4, -0.2) is 39.1 Å². The molecule has 1 saturated heterocycles. The Kier molecular flexibility index (Phi) is 4.38. The molecule has 0 amide bonds. The SMILES string of the molecule is COc1ccc(S(=O)(=O)NC2CCNC(C)C2)cn1. The summed E-state index contributed by atoms with van der Waals surface area (Å²) in [5.41, 5.74) is 0. The maximum atomic E-state index is 12.2. The van der Waals surface area contributed by atoms with Crippen LogP contribution in [-0.2, 0) is 10.0 Å². The van der Waals surface area contributed by atoms with Crippen LogP contribution in [0.2, 0.25) is 0 Å². The Hall–Kier alpha value is -1.18. The van der Waals surface area contributed by atoms with Gasteiger partial charge < -0.3 is 10.1 Å². The summed E-state index contributed by atoms with van der Waals surface area (Å²) >= 11 is 0. The monoisotopic (exact) mass is 285 g/mol. The van der Waals surface area contributed by atoms with Crippen LogP contribution in [0.4, 0.5) is 0 Å². The molecule has 2 atom stereocenters. The Morgan fingerprint density at radius 3 is 2.84 bits per heavy atom. The third kappa shape index (κ3) is 3.65. The summed E-state index contributed by atoms with van der Waals surface area (Å²) in [6.07, 6.45) is 2.90. The van der Waals surface area contributed by atoms with Crippen molar-refractivity contribution in [1.82, 2.24) is 15.0 Å². The molecular formula is C12H19N3O3S. The molecule has 1 aliphatic rings. The lowest BCUT2D eigenvalue weighted by Crippen LogP contribution is -2.46. The number of methoxy groups -OCH3 is 1. The fraction of sp³-hybridized carbons (Fsp3) is 0.583. The van der Waals surface area contributed by atoms with Crippen LogP contribution in [0.1, 0.15) is 19.8 Å². The van der Waals surface area contributed by atoms with Crippen molar-refractivity contribution in [3.63, 3.8) is 0 Å². The Bertz CT molecular complexity index is 516. The smallest absolute Gasteiger partial charge is 0.242 e. The highest BCUT2D eigenvalue weighted by atomic mass is 32.2. The molecule has 2 N–H and O–H groups in total. The summed E-state index contributed by atoms with van der Waals surface area (Å²) in [5, 5.41) is 3.29. The van der Waals surface area contributed by atoms with Gasteiger partial charge >= 0.3 is 0 Å². The molecule has 0 aliphatic carbocycles. The largest absolute Gasteiger partial charge is 0.481 e. The minimum atomic E-state index is -3.50. The highest BCUT2D eigenvalue weighted by Crippen LogP contribution is 2.15. The molecule has 0 radical (unpaired) electrons. The minimum Gasteiger partial charge on any atom is -0.481 e. The van der Waals surface area contributed by atoms with Crippen LogP contribution in [0, 0.1) is 0 Å². The maximum Gasteiger partial charge on any atom is 0.242 e. The Morgan fingerprint density at radius 1 is 1.47 bits per heavy atom. The second kappa shape index (κ2) is 5.85. The van der Waals surface area contributed by atoms with Gasteiger partial charge in [-0.2, -0.15) is 0 Å². The van der Waals surface area contributed by atoms with Crippen LogP contribution >= 0.6 is 0 Å². The second-order valence-electron chi connectivity index (χ2n) is 4.73. The number of hydrogen-bond donors (Lipinski definition) is 2. The van der Waals surface area contributed by atoms with Gasteiger partial charge in [-0.1, -0.05) is 0 Å². The van der Waals surface area contributed by atoms with Crippen LogP contribution < -0.4 is 14.8 Å². The summed E-state index contributed by atoms with van der Waals surface area (Å²) in [6, 6.07) is 3.34. The number of sulfonamides is 1. The van der Waals surface area contributed by atoms with Crippen molar-refractivity contribution in [2.24, 2.45) is 0 Å². The first-order chi connectivity index (χ1) is 9.01. The van der Waals surface area contributed by atoms with Crippen LogP contribution in [0.5, 0.6) is 5.88 Å². The molecule has 0 saturated carbocycles. The number of rotatable bonds is 4. The minimum absolute atomic E-state index is 0.0247. The molecule has 6 nitrogen and oxygen atoms in total. The lowest BCUT2D eigenvalue weighted by Gasteiger charge is -2.28. The number of piperidine rings is 1. The van der Waals surface area contributed by atoms with Crippen molar-refractivity contribution < 1.29 is 13.2 Å². The van der Waals surface area contributed by atoms with Gasteiger partial charge in [-0.3, -0.25) is 0 Å².